The molecule has 0 atom stereocenters. The van der Waals surface area contributed by atoms with Crippen LogP contribution < -0.4 is 11.1 Å². The fourth-order valence-electron chi connectivity index (χ4n) is 2.29. The van der Waals surface area contributed by atoms with E-state index >= 15 is 0 Å². The minimum Gasteiger partial charge on any atom is -0.469 e. The number of nitrogens with two attached hydrogens (primary N) is 1. The maximum atomic E-state index is 12.0. The van der Waals surface area contributed by atoms with E-state index in [-0.39, 0.29) is 24.1 Å². The van der Waals surface area contributed by atoms with Crippen LogP contribution in [-0.4, -0.2) is 40.5 Å². The lowest BCUT2D eigenvalue weighted by atomic mass is 10.3. The third kappa shape index (κ3) is 4.38. The van der Waals surface area contributed by atoms with Crippen molar-refractivity contribution in [2.75, 3.05) is 18.6 Å². The van der Waals surface area contributed by atoms with Crippen molar-refractivity contribution >= 4 is 46.2 Å². The average molecular weight is 359 g/mol. The van der Waals surface area contributed by atoms with Crippen LogP contribution >= 0.6 is 11.8 Å². The molecule has 0 bridgehead atoms. The van der Waals surface area contributed by atoms with E-state index in [1.807, 2.05) is 6.07 Å². The van der Waals surface area contributed by atoms with E-state index in [2.05, 4.69) is 25.0 Å². The number of benzene rings is 1. The largest absolute Gasteiger partial charge is 0.469 e. The normalized spacial score (nSPS) is 13.5. The first kappa shape index (κ1) is 17.0. The molecule has 3 rings (SSSR count). The number of carbonyl (C=O) groups is 2. The minimum atomic E-state index is -0.358. The van der Waals surface area contributed by atoms with Gasteiger partial charge in [-0.3, -0.25) is 9.59 Å². The summed E-state index contributed by atoms with van der Waals surface area (Å²) in [6.45, 7) is 0. The standard InChI is InChI=1S/C16H17N5O3S/c1-24-15(23)7-10-3-5-13(18-10)21-14(22)8-25-16-19-11-4-2-9(17)6-12(11)20-16/h2-4,6H,5,7-8,17H2,1H3,(H,19,20)(H,18,21,22). The first-order valence-corrected chi connectivity index (χ1v) is 8.53. The SMILES string of the molecule is COC(=O)CC1=CCC(NC(=O)CSc2nc3ccc(N)cc3[nH]2)=N1. The Bertz CT molecular complexity index is 887. The monoisotopic (exact) mass is 359 g/mol. The molecule has 1 aromatic heterocycles. The van der Waals surface area contributed by atoms with Crippen molar-refractivity contribution in [2.24, 2.45) is 4.99 Å². The van der Waals surface area contributed by atoms with Gasteiger partial charge in [-0.1, -0.05) is 17.8 Å². The number of carbonyl (C=O) groups excluding carboxylic acids is 2. The number of thioether (sulfide) groups is 1. The summed E-state index contributed by atoms with van der Waals surface area (Å²) in [4.78, 5) is 35.0. The molecule has 0 unspecified atom stereocenters. The lowest BCUT2D eigenvalue weighted by Gasteiger charge is -2.03. The number of nitrogens with zero attached hydrogens (tertiary/aromatic N) is 2. The highest BCUT2D eigenvalue weighted by Gasteiger charge is 2.15. The van der Waals surface area contributed by atoms with Crippen molar-refractivity contribution in [3.63, 3.8) is 0 Å². The number of H-pyrrole nitrogens is 1. The second-order valence-corrected chi connectivity index (χ2v) is 6.33. The molecule has 130 valence electrons. The van der Waals surface area contributed by atoms with E-state index in [0.29, 0.717) is 28.8 Å². The molecule has 1 aliphatic rings. The zero-order valence-electron chi connectivity index (χ0n) is 13.5. The molecule has 0 fully saturated rings. The molecule has 25 heavy (non-hydrogen) atoms. The molecule has 2 aromatic rings. The number of methoxy groups -OCH3 is 1. The molecule has 1 amide bonds. The van der Waals surface area contributed by atoms with E-state index in [1.165, 1.54) is 18.9 Å². The fraction of sp³-hybridized carbons (Fsp3) is 0.250. The first-order chi connectivity index (χ1) is 12.0. The van der Waals surface area contributed by atoms with Crippen LogP contribution in [0.3, 0.4) is 0 Å². The second kappa shape index (κ2) is 7.39. The lowest BCUT2D eigenvalue weighted by molar-refractivity contribution is -0.139. The van der Waals surface area contributed by atoms with Gasteiger partial charge >= 0.3 is 5.97 Å². The number of fused-ring (bicyclic) bond motifs is 1. The summed E-state index contributed by atoms with van der Waals surface area (Å²) in [6.07, 6.45) is 2.39. The summed E-state index contributed by atoms with van der Waals surface area (Å²) in [5.41, 5.74) is 8.62. The van der Waals surface area contributed by atoms with E-state index in [1.54, 1.807) is 18.2 Å². The number of aliphatic imine (C=N–C) groups is 1. The van der Waals surface area contributed by atoms with Crippen molar-refractivity contribution in [2.45, 2.75) is 18.0 Å². The Hall–Kier alpha value is -2.81. The molecule has 8 nitrogen and oxygen atoms in total. The van der Waals surface area contributed by atoms with E-state index < -0.39 is 0 Å². The third-order valence-electron chi connectivity index (χ3n) is 3.47. The zero-order chi connectivity index (χ0) is 17.8. The number of aromatic nitrogens is 2. The van der Waals surface area contributed by atoms with Crippen molar-refractivity contribution in [1.82, 2.24) is 15.3 Å². The van der Waals surface area contributed by atoms with Crippen molar-refractivity contribution in [3.8, 4) is 0 Å². The summed E-state index contributed by atoms with van der Waals surface area (Å²) >= 11 is 1.29. The number of amidine groups is 1. The van der Waals surface area contributed by atoms with Crippen LogP contribution in [0.25, 0.3) is 11.0 Å². The topological polar surface area (TPSA) is 122 Å². The Kier molecular flexibility index (Phi) is 5.03. The fourth-order valence-corrected chi connectivity index (χ4v) is 2.98. The number of hydrogen-bond acceptors (Lipinski definition) is 7. The first-order valence-electron chi connectivity index (χ1n) is 7.55. The summed E-state index contributed by atoms with van der Waals surface area (Å²) in [5, 5.41) is 3.38. The predicted molar refractivity (Wildman–Crippen MR) is 96.1 cm³/mol. The number of imidazole rings is 1. The van der Waals surface area contributed by atoms with Crippen LogP contribution in [0.2, 0.25) is 0 Å². The maximum Gasteiger partial charge on any atom is 0.311 e. The molecule has 1 aliphatic heterocycles. The van der Waals surface area contributed by atoms with Gasteiger partial charge in [-0.15, -0.1) is 0 Å². The molecule has 0 radical (unpaired) electrons. The van der Waals surface area contributed by atoms with Gasteiger partial charge in [0.2, 0.25) is 5.91 Å². The number of nitrogens with one attached hydrogen (secondary N) is 2. The molecular formula is C16H17N5O3S. The maximum absolute atomic E-state index is 12.0. The van der Waals surface area contributed by atoms with Gasteiger partial charge < -0.3 is 20.8 Å². The smallest absolute Gasteiger partial charge is 0.311 e. The highest BCUT2D eigenvalue weighted by atomic mass is 32.2. The number of hydrogen-bond donors (Lipinski definition) is 3. The molecule has 0 saturated heterocycles. The van der Waals surface area contributed by atoms with Gasteiger partial charge in [-0.2, -0.15) is 0 Å². The molecule has 2 heterocycles. The average Bonchev–Trinajstić information content (AvgIpc) is 3.18. The lowest BCUT2D eigenvalue weighted by Crippen LogP contribution is -2.30. The van der Waals surface area contributed by atoms with Crippen LogP contribution in [0, 0.1) is 0 Å². The Balaban J connectivity index is 1.51. The molecule has 4 N–H and O–H groups in total. The summed E-state index contributed by atoms with van der Waals surface area (Å²) in [5.74, 6) is 0.183. The van der Waals surface area contributed by atoms with E-state index in [0.717, 1.165) is 11.0 Å². The summed E-state index contributed by atoms with van der Waals surface area (Å²) in [6, 6.07) is 5.41. The highest BCUT2D eigenvalue weighted by molar-refractivity contribution is 7.99. The number of amides is 1. The number of rotatable bonds is 5. The molecule has 0 saturated carbocycles. The Morgan fingerprint density at radius 3 is 3.08 bits per heavy atom. The van der Waals surface area contributed by atoms with E-state index in [4.69, 9.17) is 5.73 Å². The molecule has 1 aromatic carbocycles. The second-order valence-electron chi connectivity index (χ2n) is 5.37. The van der Waals surface area contributed by atoms with Gasteiger partial charge in [0.25, 0.3) is 0 Å². The van der Waals surface area contributed by atoms with Crippen molar-refractivity contribution in [1.29, 1.82) is 0 Å². The van der Waals surface area contributed by atoms with Gasteiger partial charge in [0.1, 0.15) is 5.84 Å². The van der Waals surface area contributed by atoms with Crippen LogP contribution in [0.5, 0.6) is 0 Å². The van der Waals surface area contributed by atoms with Gasteiger partial charge in [-0.25, -0.2) is 9.98 Å². The van der Waals surface area contributed by atoms with E-state index in [9.17, 15) is 9.59 Å². The zero-order valence-corrected chi connectivity index (χ0v) is 14.4. The number of esters is 1. The van der Waals surface area contributed by atoms with Crippen LogP contribution in [-0.2, 0) is 14.3 Å². The van der Waals surface area contributed by atoms with Gasteiger partial charge in [-0.05, 0) is 18.2 Å². The Morgan fingerprint density at radius 2 is 2.28 bits per heavy atom. The number of aromatic amines is 1. The Labute approximate surface area is 147 Å². The van der Waals surface area contributed by atoms with Gasteiger partial charge in [0, 0.05) is 12.1 Å². The quantitative estimate of drug-likeness (QED) is 0.423. The predicted octanol–water partition coefficient (Wildman–Crippen LogP) is 1.60. The number of nitrogen functional groups attached to an aromatic ring is 1. The number of ether oxygens (including phenoxy) is 1. The van der Waals surface area contributed by atoms with Crippen molar-refractivity contribution < 1.29 is 14.3 Å². The minimum absolute atomic E-state index is 0.104. The summed E-state index contributed by atoms with van der Waals surface area (Å²) in [7, 11) is 1.33. The third-order valence-corrected chi connectivity index (χ3v) is 4.34. The van der Waals surface area contributed by atoms with Gasteiger partial charge in [0.05, 0.1) is 36.0 Å². The molecule has 0 aliphatic carbocycles. The van der Waals surface area contributed by atoms with Crippen LogP contribution in [0.1, 0.15) is 12.8 Å². The van der Waals surface area contributed by atoms with Crippen LogP contribution in [0.4, 0.5) is 5.69 Å². The van der Waals surface area contributed by atoms with Crippen LogP contribution in [0.15, 0.2) is 40.1 Å². The molecular weight excluding hydrogens is 342 g/mol. The molecule has 9 heteroatoms. The van der Waals surface area contributed by atoms with Crippen molar-refractivity contribution in [3.05, 3.63) is 30.0 Å². The summed E-state index contributed by atoms with van der Waals surface area (Å²) < 4.78 is 4.59. The Morgan fingerprint density at radius 1 is 1.44 bits per heavy atom. The number of anilines is 1. The molecule has 0 spiro atoms. The van der Waals surface area contributed by atoms with Gasteiger partial charge in [0.15, 0.2) is 5.16 Å². The highest BCUT2D eigenvalue weighted by Crippen LogP contribution is 2.21.